The molecule has 2 bridgehead atoms. The van der Waals surface area contributed by atoms with Crippen molar-refractivity contribution in [2.24, 2.45) is 23.5 Å². The third-order valence-electron chi connectivity index (χ3n) is 13.5. The molecule has 0 aromatic heterocycles. The Labute approximate surface area is 438 Å². The molecule has 4 heterocycles. The van der Waals surface area contributed by atoms with Gasteiger partial charge in [-0.1, -0.05) is 98.9 Å². The number of aliphatic hydroxyl groups excluding tert-OH is 9. The van der Waals surface area contributed by atoms with Crippen LogP contribution in [0.2, 0.25) is 0 Å². The molecule has 0 radical (unpaired) electrons. The molecule has 0 saturated carbocycles. The lowest BCUT2D eigenvalue weighted by molar-refractivity contribution is -0.309. The van der Waals surface area contributed by atoms with E-state index in [0.29, 0.717) is 12.8 Å². The second-order valence-corrected chi connectivity index (χ2v) is 19.7. The fourth-order valence-electron chi connectivity index (χ4n) is 8.88. The average molecular weight is 1070 g/mol. The van der Waals surface area contributed by atoms with Gasteiger partial charge >= 0.3 is 11.9 Å². The van der Waals surface area contributed by atoms with Gasteiger partial charge < -0.3 is 95.7 Å². The molecule has 3 saturated heterocycles. The van der Waals surface area contributed by atoms with Crippen molar-refractivity contribution >= 4 is 23.8 Å². The molecule has 0 aliphatic carbocycles. The quantitative estimate of drug-likeness (QED) is 0.147. The first-order valence-corrected chi connectivity index (χ1v) is 25.4. The molecule has 75 heavy (non-hydrogen) atoms. The second kappa shape index (κ2) is 32.3. The molecular weight excluding hydrogens is 985 g/mol. The van der Waals surface area contributed by atoms with Crippen LogP contribution in [0.1, 0.15) is 91.9 Å². The number of nitrogens with one attached hydrogen (secondary N) is 1. The molecule has 4 aliphatic heterocycles. The smallest absolute Gasteiger partial charge is 0.313 e. The van der Waals surface area contributed by atoms with Crippen LogP contribution in [0.3, 0.4) is 0 Å². The molecule has 3 fully saturated rings. The van der Waals surface area contributed by atoms with Crippen molar-refractivity contribution in [3.8, 4) is 0 Å². The summed E-state index contributed by atoms with van der Waals surface area (Å²) in [4.78, 5) is 46.1. The summed E-state index contributed by atoms with van der Waals surface area (Å²) >= 11 is 0. The first kappa shape index (κ1) is 64.8. The zero-order chi connectivity index (χ0) is 56.0. The summed E-state index contributed by atoms with van der Waals surface area (Å²) in [5, 5.41) is 121. The molecule has 424 valence electrons. The number of cyclic esters (lactones) is 1. The Morgan fingerprint density at radius 3 is 1.83 bits per heavy atom. The van der Waals surface area contributed by atoms with Crippen LogP contribution >= 0.6 is 0 Å². The summed E-state index contributed by atoms with van der Waals surface area (Å²) in [5.74, 6) is -7.33. The fourth-order valence-corrected chi connectivity index (χ4v) is 8.88. The van der Waals surface area contributed by atoms with Gasteiger partial charge in [0.05, 0.1) is 98.7 Å². The Hall–Kier alpha value is -4.50. The Balaban J connectivity index is 0.00000148. The van der Waals surface area contributed by atoms with E-state index in [4.69, 9.17) is 29.4 Å². The van der Waals surface area contributed by atoms with Crippen molar-refractivity contribution in [1.82, 2.24) is 5.32 Å². The lowest BCUT2D eigenvalue weighted by atomic mass is 9.82. The summed E-state index contributed by atoms with van der Waals surface area (Å²) in [6.45, 7) is 6.78. The monoisotopic (exact) mass is 1070 g/mol. The average Bonchev–Trinajstić information content (AvgIpc) is 3.79. The molecule has 0 spiro atoms. The number of methoxy groups -OCH3 is 1. The van der Waals surface area contributed by atoms with Gasteiger partial charge in [-0.3, -0.25) is 14.4 Å². The first-order valence-electron chi connectivity index (χ1n) is 25.4. The number of aliphatic carboxylic acids is 1. The third kappa shape index (κ3) is 22.2. The predicted molar refractivity (Wildman–Crippen MR) is 268 cm³/mol. The van der Waals surface area contributed by atoms with Crippen LogP contribution in [-0.2, 0) is 42.9 Å². The number of hydrogen-bond acceptors (Lipinski definition) is 21. The van der Waals surface area contributed by atoms with E-state index in [0.717, 1.165) is 7.11 Å². The number of aliphatic hydroxyl groups is 10. The lowest BCUT2D eigenvalue weighted by Gasteiger charge is -2.45. The lowest BCUT2D eigenvalue weighted by Crippen LogP contribution is -2.61. The van der Waals surface area contributed by atoms with Crippen molar-refractivity contribution in [2.45, 2.75) is 195 Å². The molecule has 1 amide bonds. The van der Waals surface area contributed by atoms with Crippen LogP contribution in [0.5, 0.6) is 0 Å². The molecule has 4 aliphatic rings. The predicted octanol–water partition coefficient (Wildman–Crippen LogP) is -1.18. The van der Waals surface area contributed by atoms with Gasteiger partial charge in [0.15, 0.2) is 12.1 Å². The van der Waals surface area contributed by atoms with E-state index in [2.05, 4.69) is 5.32 Å². The van der Waals surface area contributed by atoms with Crippen LogP contribution in [-0.4, -0.2) is 186 Å². The molecule has 0 unspecified atom stereocenters. The molecular formula is C53H81N2O20-. The second-order valence-electron chi connectivity index (χ2n) is 19.7. The minimum absolute atomic E-state index is 0.0949. The number of hydrogen-bond donors (Lipinski definition) is 12. The normalized spacial score (nSPS) is 42.6. The van der Waals surface area contributed by atoms with Gasteiger partial charge in [-0.25, -0.2) is 0 Å². The number of carbonyl (C=O) groups is 4. The maximum atomic E-state index is 13.1. The van der Waals surface area contributed by atoms with Gasteiger partial charge in [0.2, 0.25) is 5.91 Å². The molecule has 4 rings (SSSR count). The highest BCUT2D eigenvalue weighted by Gasteiger charge is 2.51. The van der Waals surface area contributed by atoms with E-state index in [1.54, 1.807) is 75.5 Å². The van der Waals surface area contributed by atoms with Crippen molar-refractivity contribution in [2.75, 3.05) is 7.11 Å². The summed E-state index contributed by atoms with van der Waals surface area (Å²) in [5.41, 5.74) is 6.05. The summed E-state index contributed by atoms with van der Waals surface area (Å²) in [6, 6.07) is -1.88. The largest absolute Gasteiger partial charge is 0.548 e. The third-order valence-corrected chi connectivity index (χ3v) is 13.5. The zero-order valence-corrected chi connectivity index (χ0v) is 43.3. The van der Waals surface area contributed by atoms with Gasteiger partial charge in [0.1, 0.15) is 18.1 Å². The van der Waals surface area contributed by atoms with Gasteiger partial charge in [-0.05, 0) is 39.5 Å². The minimum Gasteiger partial charge on any atom is -0.548 e. The number of carboxylic acid groups (broad SMARTS) is 1. The van der Waals surface area contributed by atoms with E-state index >= 15 is 0 Å². The SMILES string of the molecule is COC(=O)[C@H]1[C@@H]2C[C@@H](O[C@@H]3O[C@H](C)[C@@H](O)[C@H](N)[C@@H]3O)/C=C/C=C/C=C/C=C/C=C/C=C/C=C/[C@H](C)[C@@H](O)[C@@H](C)[C@H](C)OC(=O)C[C@H](O)C[C@H](O)CC[C@@H](O)[C@H](O)C[C@H](O)C[C@](O)(C[C@@H]1O)O2.O=C1CC[C@@H](C(=O)[O-])N1. The number of nitrogens with two attached hydrogens (primary N) is 1. The molecule has 0 aromatic carbocycles. The summed E-state index contributed by atoms with van der Waals surface area (Å²) < 4.78 is 28.4. The van der Waals surface area contributed by atoms with Crippen molar-refractivity contribution < 1.29 is 99.0 Å². The highest BCUT2D eigenvalue weighted by Crippen LogP contribution is 2.38. The number of ether oxygens (including phenoxy) is 5. The Bertz CT molecular complexity index is 1990. The highest BCUT2D eigenvalue weighted by molar-refractivity contribution is 5.86. The van der Waals surface area contributed by atoms with E-state index in [1.807, 2.05) is 37.3 Å². The van der Waals surface area contributed by atoms with Crippen LogP contribution in [0, 0.1) is 17.8 Å². The Morgan fingerprint density at radius 1 is 0.693 bits per heavy atom. The number of amides is 1. The topological polar surface area (TPSA) is 378 Å². The van der Waals surface area contributed by atoms with Crippen LogP contribution in [0.15, 0.2) is 85.1 Å². The highest BCUT2D eigenvalue weighted by atomic mass is 16.7. The molecule has 22 nitrogen and oxygen atoms in total. The number of rotatable bonds is 4. The fraction of sp³-hybridized carbons (Fsp3) is 0.660. The Kier molecular flexibility index (Phi) is 27.9. The standard InChI is InChI=1S/C48H75NO17.C5H7NO3/c1-28-18-16-14-12-10-8-6-7-9-11-13-15-17-19-35(65-47-45(59)42(49)44(58)31(4)64-47)25-39-41(46(60)62-5)38(55)27-48(61,66-39)26-34(52)23-37(54)36(53)21-20-32(50)22-33(51)24-40(56)63-30(3)29(2)43(28)57;7-4-2-1-3(6-4)5(8)9/h6-19,28-39,41-45,47,50-55,57-59,61H,20-27,49H2,1-5H3;3H,1-2H2,(H,6,7)(H,8,9)/p-1/b7-6+,10-8+,11-9+,14-12+,15-13+,18-16+,19-17+;/t28-,29-,30-,31+,32+,33+,34-,35-,36+,37+,38-,39-,41+,42-,43+,44+,45-,47-,48+;3-/m00/s1. The number of esters is 2. The van der Waals surface area contributed by atoms with E-state index < -0.39 is 159 Å². The van der Waals surface area contributed by atoms with Crippen molar-refractivity contribution in [1.29, 1.82) is 0 Å². The van der Waals surface area contributed by atoms with E-state index in [1.165, 1.54) is 0 Å². The molecule has 13 N–H and O–H groups in total. The Morgan fingerprint density at radius 2 is 1.28 bits per heavy atom. The van der Waals surface area contributed by atoms with Crippen LogP contribution in [0.4, 0.5) is 0 Å². The maximum Gasteiger partial charge on any atom is 0.313 e. The molecule has 22 heteroatoms. The minimum atomic E-state index is -2.27. The molecule has 20 atom stereocenters. The summed E-state index contributed by atoms with van der Waals surface area (Å²) in [6.07, 6.45) is 5.17. The summed E-state index contributed by atoms with van der Waals surface area (Å²) in [7, 11) is 1.12. The van der Waals surface area contributed by atoms with Gasteiger partial charge in [0.25, 0.3) is 0 Å². The van der Waals surface area contributed by atoms with Crippen molar-refractivity contribution in [3.63, 3.8) is 0 Å². The number of fused-ring (bicyclic) bond motifs is 2. The number of carbonyl (C=O) groups excluding carboxylic acids is 4. The van der Waals surface area contributed by atoms with Gasteiger partial charge in [-0.15, -0.1) is 0 Å². The van der Waals surface area contributed by atoms with Crippen LogP contribution < -0.4 is 16.2 Å². The number of carboxylic acids is 1. The first-order chi connectivity index (χ1) is 35.4. The zero-order valence-electron chi connectivity index (χ0n) is 43.3. The van der Waals surface area contributed by atoms with Crippen molar-refractivity contribution in [3.05, 3.63) is 85.1 Å². The van der Waals surface area contributed by atoms with Crippen LogP contribution in [0.25, 0.3) is 0 Å². The number of allylic oxidation sites excluding steroid dienone is 12. The van der Waals surface area contributed by atoms with E-state index in [9.17, 15) is 75.3 Å². The van der Waals surface area contributed by atoms with Gasteiger partial charge in [-0.2, -0.15) is 0 Å². The molecule has 0 aromatic rings. The maximum absolute atomic E-state index is 13.1. The van der Waals surface area contributed by atoms with Gasteiger partial charge in [0, 0.05) is 43.9 Å². The van der Waals surface area contributed by atoms with E-state index in [-0.39, 0.29) is 37.5 Å².